The minimum absolute atomic E-state index is 0.181. The molecule has 0 unspecified atom stereocenters. The average Bonchev–Trinajstić information content (AvgIpc) is 3.22. The van der Waals surface area contributed by atoms with Crippen LogP contribution in [0, 0.1) is 0 Å². The van der Waals surface area contributed by atoms with Gasteiger partial charge in [-0.05, 0) is 59.9 Å². The van der Waals surface area contributed by atoms with Crippen molar-refractivity contribution >= 4 is 29.0 Å². The Morgan fingerprint density at radius 1 is 1.03 bits per heavy atom. The Kier molecular flexibility index (Phi) is 7.11. The van der Waals surface area contributed by atoms with Gasteiger partial charge in [0.15, 0.2) is 4.80 Å². The molecule has 192 valence electrons. The number of fused-ring (bicyclic) bond motifs is 1. The van der Waals surface area contributed by atoms with E-state index in [1.165, 1.54) is 16.9 Å². The number of carbonyl (C=O) groups is 1. The normalized spacial score (nSPS) is 15.3. The van der Waals surface area contributed by atoms with Crippen LogP contribution in [0.1, 0.15) is 49.4 Å². The SMILES string of the molecule is COc1ccc([C@H]2C(C(=O)Nc3ccccc3)=C(C)N=c3s/c(=C/c4ccc(C(C)C)cc4)c(=O)n32)cc1. The quantitative estimate of drug-likeness (QED) is 0.386. The first-order chi connectivity index (χ1) is 18.4. The molecular formula is C31H29N3O3S. The summed E-state index contributed by atoms with van der Waals surface area (Å²) in [6.45, 7) is 6.12. The Morgan fingerprint density at radius 2 is 1.71 bits per heavy atom. The van der Waals surface area contributed by atoms with Crippen molar-refractivity contribution in [3.8, 4) is 5.75 Å². The van der Waals surface area contributed by atoms with Crippen LogP contribution in [0.4, 0.5) is 5.69 Å². The molecule has 5 rings (SSSR count). The highest BCUT2D eigenvalue weighted by Gasteiger charge is 2.32. The molecule has 1 N–H and O–H groups in total. The first kappa shape index (κ1) is 25.4. The van der Waals surface area contributed by atoms with Gasteiger partial charge in [-0.2, -0.15) is 0 Å². The van der Waals surface area contributed by atoms with E-state index < -0.39 is 6.04 Å². The zero-order chi connectivity index (χ0) is 26.8. The van der Waals surface area contributed by atoms with Crippen LogP contribution in [0.15, 0.2) is 99.9 Å². The fourth-order valence-electron chi connectivity index (χ4n) is 4.56. The second kappa shape index (κ2) is 10.6. The monoisotopic (exact) mass is 523 g/mol. The number of ether oxygens (including phenoxy) is 1. The maximum atomic E-state index is 13.8. The fourth-order valence-corrected chi connectivity index (χ4v) is 5.61. The smallest absolute Gasteiger partial charge is 0.271 e. The Bertz CT molecular complexity index is 1680. The molecule has 7 heteroatoms. The first-order valence-electron chi connectivity index (χ1n) is 12.5. The number of carbonyl (C=O) groups excluding carboxylic acids is 1. The molecule has 1 aromatic heterocycles. The van der Waals surface area contributed by atoms with Gasteiger partial charge in [0.05, 0.1) is 29.0 Å². The number of hydrogen-bond donors (Lipinski definition) is 1. The number of thiazole rings is 1. The third-order valence-corrected chi connectivity index (χ3v) is 7.61. The van der Waals surface area contributed by atoms with Crippen LogP contribution >= 0.6 is 11.3 Å². The molecule has 0 saturated carbocycles. The number of rotatable bonds is 6. The van der Waals surface area contributed by atoms with Crippen LogP contribution in [-0.2, 0) is 4.79 Å². The standard InChI is InChI=1S/C31H29N3O3S/c1-19(2)22-12-10-21(11-13-22)18-26-30(36)34-28(23-14-16-25(37-4)17-15-23)27(20(3)32-31(34)38-26)29(35)33-24-8-6-5-7-9-24/h5-19,28H,1-4H3,(H,33,35)/b26-18+/t28-/m0/s1. The number of aromatic nitrogens is 1. The van der Waals surface area contributed by atoms with Crippen LogP contribution in [0.2, 0.25) is 0 Å². The molecule has 0 saturated heterocycles. The Labute approximate surface area is 225 Å². The van der Waals surface area contributed by atoms with E-state index in [4.69, 9.17) is 9.73 Å². The molecule has 3 aromatic carbocycles. The van der Waals surface area contributed by atoms with Gasteiger partial charge in [-0.1, -0.05) is 79.8 Å². The summed E-state index contributed by atoms with van der Waals surface area (Å²) in [6, 6.07) is 24.3. The Balaban J connectivity index is 1.64. The predicted octanol–water partition coefficient (Wildman–Crippen LogP) is 5.01. The van der Waals surface area contributed by atoms with E-state index in [0.29, 0.717) is 38.0 Å². The van der Waals surface area contributed by atoms with Gasteiger partial charge in [-0.25, -0.2) is 4.99 Å². The highest BCUT2D eigenvalue weighted by Crippen LogP contribution is 2.31. The summed E-state index contributed by atoms with van der Waals surface area (Å²) >= 11 is 1.33. The molecule has 0 bridgehead atoms. The van der Waals surface area contributed by atoms with Gasteiger partial charge < -0.3 is 10.1 Å². The van der Waals surface area contributed by atoms with Crippen molar-refractivity contribution in [3.63, 3.8) is 0 Å². The molecule has 0 aliphatic carbocycles. The Hall–Kier alpha value is -4.23. The number of para-hydroxylation sites is 1. The molecule has 0 spiro atoms. The minimum atomic E-state index is -0.633. The molecule has 1 amide bonds. The molecule has 0 fully saturated rings. The van der Waals surface area contributed by atoms with Crippen molar-refractivity contribution in [3.05, 3.63) is 127 Å². The number of anilines is 1. The van der Waals surface area contributed by atoms with Gasteiger partial charge >= 0.3 is 0 Å². The van der Waals surface area contributed by atoms with E-state index in [1.54, 1.807) is 11.7 Å². The Morgan fingerprint density at radius 3 is 2.34 bits per heavy atom. The predicted molar refractivity (Wildman–Crippen MR) is 152 cm³/mol. The maximum Gasteiger partial charge on any atom is 0.271 e. The van der Waals surface area contributed by atoms with Gasteiger partial charge in [-0.15, -0.1) is 0 Å². The number of allylic oxidation sites excluding steroid dienone is 1. The molecule has 1 aliphatic heterocycles. The summed E-state index contributed by atoms with van der Waals surface area (Å²) in [7, 11) is 1.61. The lowest BCUT2D eigenvalue weighted by molar-refractivity contribution is -0.113. The number of benzene rings is 3. The molecule has 38 heavy (non-hydrogen) atoms. The molecule has 2 heterocycles. The number of nitrogens with zero attached hydrogens (tertiary/aromatic N) is 2. The zero-order valence-electron chi connectivity index (χ0n) is 21.8. The maximum absolute atomic E-state index is 13.8. The minimum Gasteiger partial charge on any atom is -0.497 e. The van der Waals surface area contributed by atoms with Crippen molar-refractivity contribution in [2.75, 3.05) is 12.4 Å². The summed E-state index contributed by atoms with van der Waals surface area (Å²) in [4.78, 5) is 32.7. The van der Waals surface area contributed by atoms with Crippen molar-refractivity contribution in [1.82, 2.24) is 4.57 Å². The van der Waals surface area contributed by atoms with Gasteiger partial charge in [0, 0.05) is 5.69 Å². The lowest BCUT2D eigenvalue weighted by atomic mass is 9.95. The summed E-state index contributed by atoms with van der Waals surface area (Å²) < 4.78 is 7.54. The zero-order valence-corrected chi connectivity index (χ0v) is 22.6. The number of hydrogen-bond acceptors (Lipinski definition) is 5. The summed E-state index contributed by atoms with van der Waals surface area (Å²) in [5.41, 5.74) is 4.49. The van der Waals surface area contributed by atoms with Crippen LogP contribution in [-0.4, -0.2) is 17.6 Å². The van der Waals surface area contributed by atoms with Gasteiger partial charge in [0.2, 0.25) is 0 Å². The van der Waals surface area contributed by atoms with Crippen molar-refractivity contribution in [2.24, 2.45) is 4.99 Å². The van der Waals surface area contributed by atoms with Crippen molar-refractivity contribution in [1.29, 1.82) is 0 Å². The average molecular weight is 524 g/mol. The van der Waals surface area contributed by atoms with Crippen molar-refractivity contribution in [2.45, 2.75) is 32.7 Å². The number of nitrogens with one attached hydrogen (secondary N) is 1. The number of methoxy groups -OCH3 is 1. The molecular weight excluding hydrogens is 494 g/mol. The van der Waals surface area contributed by atoms with Gasteiger partial charge in [-0.3, -0.25) is 14.2 Å². The van der Waals surface area contributed by atoms with Crippen LogP contribution in [0.25, 0.3) is 6.08 Å². The van der Waals surface area contributed by atoms with E-state index in [1.807, 2.05) is 79.7 Å². The number of amides is 1. The lowest BCUT2D eigenvalue weighted by Gasteiger charge is -2.25. The summed E-state index contributed by atoms with van der Waals surface area (Å²) in [5, 5.41) is 2.97. The third kappa shape index (κ3) is 4.97. The van der Waals surface area contributed by atoms with E-state index in [-0.39, 0.29) is 11.5 Å². The van der Waals surface area contributed by atoms with Crippen molar-refractivity contribution < 1.29 is 9.53 Å². The highest BCUT2D eigenvalue weighted by atomic mass is 32.1. The van der Waals surface area contributed by atoms with Crippen LogP contribution in [0.3, 0.4) is 0 Å². The first-order valence-corrected chi connectivity index (χ1v) is 13.3. The fraction of sp³-hybridized carbons (Fsp3) is 0.194. The topological polar surface area (TPSA) is 72.7 Å². The van der Waals surface area contributed by atoms with Gasteiger partial charge in [0.25, 0.3) is 11.5 Å². The molecule has 1 atom stereocenters. The van der Waals surface area contributed by atoms with Crippen LogP contribution < -0.4 is 24.9 Å². The van der Waals surface area contributed by atoms with E-state index >= 15 is 0 Å². The second-order valence-corrected chi connectivity index (χ2v) is 10.5. The second-order valence-electron chi connectivity index (χ2n) is 9.50. The molecule has 4 aromatic rings. The van der Waals surface area contributed by atoms with E-state index in [2.05, 4.69) is 31.3 Å². The summed E-state index contributed by atoms with van der Waals surface area (Å²) in [5.74, 6) is 0.834. The molecule has 1 aliphatic rings. The largest absolute Gasteiger partial charge is 0.497 e. The van der Waals surface area contributed by atoms with Crippen LogP contribution in [0.5, 0.6) is 5.75 Å². The van der Waals surface area contributed by atoms with E-state index in [0.717, 1.165) is 11.1 Å². The third-order valence-electron chi connectivity index (χ3n) is 6.63. The van der Waals surface area contributed by atoms with E-state index in [9.17, 15) is 9.59 Å². The molecule has 0 radical (unpaired) electrons. The highest BCUT2D eigenvalue weighted by molar-refractivity contribution is 7.07. The molecule has 6 nitrogen and oxygen atoms in total. The van der Waals surface area contributed by atoms with Gasteiger partial charge in [0.1, 0.15) is 5.75 Å². The summed E-state index contributed by atoms with van der Waals surface area (Å²) in [6.07, 6.45) is 1.89. The lowest BCUT2D eigenvalue weighted by Crippen LogP contribution is -2.40.